The number of nitrogens with zero attached hydrogens (tertiary/aromatic N) is 4. The first-order chi connectivity index (χ1) is 16.0. The number of piperidine rings is 1. The van der Waals surface area contributed by atoms with Gasteiger partial charge >= 0.3 is 0 Å². The smallest absolute Gasteiger partial charge is 0.229 e. The number of hydrogen-bond donors (Lipinski definition) is 3. The molecule has 2 aromatic heterocycles. The molecule has 174 valence electrons. The molecule has 2 fully saturated rings. The van der Waals surface area contributed by atoms with Gasteiger partial charge in [0.2, 0.25) is 5.95 Å². The zero-order valence-electron chi connectivity index (χ0n) is 18.7. The van der Waals surface area contributed by atoms with Crippen molar-refractivity contribution in [3.8, 4) is 5.75 Å². The van der Waals surface area contributed by atoms with Gasteiger partial charge < -0.3 is 20.7 Å². The van der Waals surface area contributed by atoms with Crippen molar-refractivity contribution in [3.05, 3.63) is 46.6 Å². The highest BCUT2D eigenvalue weighted by atomic mass is 35.5. The van der Waals surface area contributed by atoms with E-state index in [0.29, 0.717) is 27.8 Å². The van der Waals surface area contributed by atoms with Crippen LogP contribution in [0.25, 0.3) is 0 Å². The van der Waals surface area contributed by atoms with Gasteiger partial charge in [-0.05, 0) is 63.2 Å². The summed E-state index contributed by atoms with van der Waals surface area (Å²) in [6.07, 6.45) is 7.37. The molecule has 0 atom stereocenters. The molecule has 5 rings (SSSR count). The lowest BCUT2D eigenvalue weighted by Crippen LogP contribution is -2.27. The normalized spacial score (nSPS) is 16.6. The Morgan fingerprint density at radius 3 is 2.64 bits per heavy atom. The molecule has 1 saturated heterocycles. The summed E-state index contributed by atoms with van der Waals surface area (Å²) < 4.78 is 23.0. The number of aromatic nitrogens is 4. The van der Waals surface area contributed by atoms with Crippen molar-refractivity contribution in [1.82, 2.24) is 25.1 Å². The minimum atomic E-state index is -0.245. The molecule has 3 N–H and O–H groups in total. The molecule has 0 unspecified atom stereocenters. The third-order valence-electron chi connectivity index (χ3n) is 5.95. The molecule has 1 saturated carbocycles. The van der Waals surface area contributed by atoms with Crippen LogP contribution in [-0.4, -0.2) is 38.9 Å². The molecule has 1 aromatic carbocycles. The van der Waals surface area contributed by atoms with E-state index < -0.39 is 0 Å². The number of nitrogens with one attached hydrogen (secondary N) is 3. The first kappa shape index (κ1) is 21.9. The van der Waals surface area contributed by atoms with E-state index in [9.17, 15) is 0 Å². The third-order valence-corrected chi connectivity index (χ3v) is 6.23. The zero-order valence-corrected chi connectivity index (χ0v) is 19.4. The van der Waals surface area contributed by atoms with E-state index >= 15 is 4.39 Å². The number of ether oxygens (including phenoxy) is 1. The Morgan fingerprint density at radius 1 is 1.15 bits per heavy atom. The van der Waals surface area contributed by atoms with Gasteiger partial charge in [0.1, 0.15) is 16.6 Å². The molecule has 1 aliphatic carbocycles. The van der Waals surface area contributed by atoms with Gasteiger partial charge in [-0.25, -0.2) is 9.37 Å². The van der Waals surface area contributed by atoms with Gasteiger partial charge in [0.05, 0.1) is 29.4 Å². The topological polar surface area (TPSA) is 88.9 Å². The molecule has 2 aliphatic rings. The number of halogens is 2. The van der Waals surface area contributed by atoms with Crippen LogP contribution in [0.15, 0.2) is 24.5 Å². The van der Waals surface area contributed by atoms with E-state index in [1.165, 1.54) is 12.3 Å². The van der Waals surface area contributed by atoms with Gasteiger partial charge in [0, 0.05) is 19.3 Å². The van der Waals surface area contributed by atoms with Crippen molar-refractivity contribution in [2.75, 3.05) is 23.7 Å². The number of benzene rings is 1. The maximum Gasteiger partial charge on any atom is 0.229 e. The minimum absolute atomic E-state index is 0.175. The second kappa shape index (κ2) is 9.15. The van der Waals surface area contributed by atoms with E-state index in [1.54, 1.807) is 4.68 Å². The van der Waals surface area contributed by atoms with Crippen LogP contribution >= 0.6 is 11.6 Å². The molecular formula is C23H27ClFN7O. The second-order valence-electron chi connectivity index (χ2n) is 8.65. The van der Waals surface area contributed by atoms with Gasteiger partial charge in [-0.15, -0.1) is 0 Å². The van der Waals surface area contributed by atoms with E-state index in [0.717, 1.165) is 50.2 Å². The summed E-state index contributed by atoms with van der Waals surface area (Å²) in [6, 6.07) is 3.34. The molecule has 0 radical (unpaired) electrons. The molecule has 8 nitrogen and oxygen atoms in total. The Kier molecular flexibility index (Phi) is 6.07. The van der Waals surface area contributed by atoms with Crippen molar-refractivity contribution in [1.29, 1.82) is 0 Å². The standard InChI is InChI=1S/C23H27ClFN7O/c1-13-20(12-32(2)31-13)28-22-17(24)11-27-23(30-22)29-19-10-18(25)16(14-5-7-26-8-6-14)9-21(19)33-15-3-4-15/h9-12,14-15,26H,3-8H2,1-2H3,(H2,27,28,29,30). The summed E-state index contributed by atoms with van der Waals surface area (Å²) in [6.45, 7) is 3.69. The number of anilines is 4. The van der Waals surface area contributed by atoms with Crippen LogP contribution in [0.3, 0.4) is 0 Å². The van der Waals surface area contributed by atoms with Crippen LogP contribution in [-0.2, 0) is 7.05 Å². The molecule has 33 heavy (non-hydrogen) atoms. The Morgan fingerprint density at radius 2 is 1.94 bits per heavy atom. The average molecular weight is 472 g/mol. The monoisotopic (exact) mass is 471 g/mol. The quantitative estimate of drug-likeness (QED) is 0.455. The maximum absolute atomic E-state index is 15.1. The third kappa shape index (κ3) is 5.04. The lowest BCUT2D eigenvalue weighted by molar-refractivity contribution is 0.303. The van der Waals surface area contributed by atoms with Gasteiger partial charge in [-0.2, -0.15) is 10.1 Å². The fourth-order valence-corrected chi connectivity index (χ4v) is 4.20. The molecule has 3 aromatic rings. The fourth-order valence-electron chi connectivity index (χ4n) is 4.06. The van der Waals surface area contributed by atoms with E-state index in [1.807, 2.05) is 26.2 Å². The Hall–Kier alpha value is -2.91. The van der Waals surface area contributed by atoms with E-state index in [-0.39, 0.29) is 23.8 Å². The van der Waals surface area contributed by atoms with Crippen molar-refractivity contribution in [3.63, 3.8) is 0 Å². The summed E-state index contributed by atoms with van der Waals surface area (Å²) in [5.41, 5.74) is 2.82. The maximum atomic E-state index is 15.1. The molecule has 0 bridgehead atoms. The highest BCUT2D eigenvalue weighted by Crippen LogP contribution is 2.39. The van der Waals surface area contributed by atoms with Gasteiger partial charge in [0.15, 0.2) is 5.82 Å². The summed E-state index contributed by atoms with van der Waals surface area (Å²) in [4.78, 5) is 8.78. The van der Waals surface area contributed by atoms with Crippen molar-refractivity contribution in [2.24, 2.45) is 7.05 Å². The number of aryl methyl sites for hydroxylation is 2. The molecular weight excluding hydrogens is 445 g/mol. The summed E-state index contributed by atoms with van der Waals surface area (Å²) in [5, 5.41) is 14.3. The second-order valence-corrected chi connectivity index (χ2v) is 9.06. The molecule has 1 aliphatic heterocycles. The van der Waals surface area contributed by atoms with E-state index in [4.69, 9.17) is 16.3 Å². The van der Waals surface area contributed by atoms with Crippen LogP contribution in [0.4, 0.5) is 27.5 Å². The number of rotatable bonds is 7. The van der Waals surface area contributed by atoms with Crippen molar-refractivity contribution < 1.29 is 9.13 Å². The van der Waals surface area contributed by atoms with Gasteiger partial charge in [-0.3, -0.25) is 4.68 Å². The molecule has 0 amide bonds. The van der Waals surface area contributed by atoms with Crippen LogP contribution in [0, 0.1) is 12.7 Å². The lowest BCUT2D eigenvalue weighted by atomic mass is 9.89. The van der Waals surface area contributed by atoms with Crippen molar-refractivity contribution in [2.45, 2.75) is 44.6 Å². The zero-order chi connectivity index (χ0) is 22.9. The SMILES string of the molecule is Cc1nn(C)cc1Nc1nc(Nc2cc(F)c(C3CCNCC3)cc2OC2CC2)ncc1Cl. The Balaban J connectivity index is 1.43. The van der Waals surface area contributed by atoms with Crippen LogP contribution in [0.1, 0.15) is 42.9 Å². The molecule has 0 spiro atoms. The fraction of sp³-hybridized carbons (Fsp3) is 0.435. The van der Waals surface area contributed by atoms with Crippen molar-refractivity contribution >= 4 is 34.7 Å². The summed E-state index contributed by atoms with van der Waals surface area (Å²) >= 11 is 6.32. The Labute approximate surface area is 196 Å². The summed E-state index contributed by atoms with van der Waals surface area (Å²) in [7, 11) is 1.84. The van der Waals surface area contributed by atoms with Crippen LogP contribution in [0.5, 0.6) is 5.75 Å². The van der Waals surface area contributed by atoms with Crippen LogP contribution < -0.4 is 20.7 Å². The average Bonchev–Trinajstić information content (AvgIpc) is 3.56. The minimum Gasteiger partial charge on any atom is -0.488 e. The predicted octanol–water partition coefficient (Wildman–Crippen LogP) is 4.81. The first-order valence-electron chi connectivity index (χ1n) is 11.2. The van der Waals surface area contributed by atoms with Crippen LogP contribution in [0.2, 0.25) is 5.02 Å². The van der Waals surface area contributed by atoms with Gasteiger partial charge in [0.25, 0.3) is 0 Å². The van der Waals surface area contributed by atoms with E-state index in [2.05, 4.69) is 31.0 Å². The summed E-state index contributed by atoms with van der Waals surface area (Å²) in [5.74, 6) is 1.29. The lowest BCUT2D eigenvalue weighted by Gasteiger charge is -2.24. The largest absolute Gasteiger partial charge is 0.488 e. The van der Waals surface area contributed by atoms with Gasteiger partial charge in [-0.1, -0.05) is 11.6 Å². The highest BCUT2D eigenvalue weighted by molar-refractivity contribution is 6.32. The molecule has 10 heteroatoms. The first-order valence-corrected chi connectivity index (χ1v) is 11.6. The highest BCUT2D eigenvalue weighted by Gasteiger charge is 2.27. The molecule has 3 heterocycles. The number of hydrogen-bond acceptors (Lipinski definition) is 7. The predicted molar refractivity (Wildman–Crippen MR) is 126 cm³/mol. The Bertz CT molecular complexity index is 1160.